The number of benzene rings is 1. The summed E-state index contributed by atoms with van der Waals surface area (Å²) in [6.45, 7) is 8.49. The van der Waals surface area contributed by atoms with E-state index in [9.17, 15) is 9.90 Å². The van der Waals surface area contributed by atoms with Gasteiger partial charge >= 0.3 is 5.97 Å². The van der Waals surface area contributed by atoms with Crippen molar-refractivity contribution in [1.29, 1.82) is 0 Å². The summed E-state index contributed by atoms with van der Waals surface area (Å²) in [6, 6.07) is 9.31. The molecule has 30 heavy (non-hydrogen) atoms. The number of rotatable bonds is 6. The number of carbonyl (C=O) groups excluding carboxylic acids is 1. The normalized spacial score (nSPS) is 16.6. The molecule has 0 fully saturated rings. The minimum atomic E-state index is -0.587. The number of ether oxygens (including phenoxy) is 2. The molecule has 0 saturated heterocycles. The Balaban J connectivity index is 2.01. The lowest BCUT2D eigenvalue weighted by molar-refractivity contribution is -0.138. The fraction of sp³-hybridized carbons (Fsp3) is 0.304. The first kappa shape index (κ1) is 21.8. The van der Waals surface area contributed by atoms with E-state index in [1.807, 2.05) is 64.2 Å². The van der Waals surface area contributed by atoms with Crippen molar-refractivity contribution in [3.63, 3.8) is 0 Å². The number of hydrogen-bond acceptors (Lipinski definition) is 6. The highest BCUT2D eigenvalue weighted by molar-refractivity contribution is 8.18. The fourth-order valence-electron chi connectivity index (χ4n) is 3.06. The maximum absolute atomic E-state index is 12.5. The van der Waals surface area contributed by atoms with Gasteiger partial charge in [0.05, 0.1) is 23.8 Å². The van der Waals surface area contributed by atoms with Gasteiger partial charge in [0.2, 0.25) is 0 Å². The molecule has 0 unspecified atom stereocenters. The quantitative estimate of drug-likeness (QED) is 0.640. The van der Waals surface area contributed by atoms with Crippen molar-refractivity contribution in [2.75, 3.05) is 13.2 Å². The Kier molecular flexibility index (Phi) is 6.72. The summed E-state index contributed by atoms with van der Waals surface area (Å²) in [4.78, 5) is 17.7. The van der Waals surface area contributed by atoms with Gasteiger partial charge in [0.25, 0.3) is 0 Å². The van der Waals surface area contributed by atoms with Gasteiger partial charge in [-0.05, 0) is 69.7 Å². The van der Waals surface area contributed by atoms with Crippen LogP contribution in [-0.4, -0.2) is 33.9 Å². The number of aryl methyl sites for hydroxylation is 1. The number of hydrogen-bond donors (Lipinski definition) is 1. The molecular formula is C23H26N2O4S. The summed E-state index contributed by atoms with van der Waals surface area (Å²) in [5, 5.41) is 11.2. The molecule has 2 aromatic rings. The molecule has 1 aliphatic heterocycles. The number of aliphatic hydroxyl groups excluding tert-OH is 1. The summed E-state index contributed by atoms with van der Waals surface area (Å²) in [7, 11) is 1.99. The van der Waals surface area contributed by atoms with Gasteiger partial charge in [0.15, 0.2) is 0 Å². The lowest BCUT2D eigenvalue weighted by Crippen LogP contribution is -2.12. The molecule has 0 amide bonds. The third kappa shape index (κ3) is 4.46. The van der Waals surface area contributed by atoms with Crippen LogP contribution in [0.4, 0.5) is 5.69 Å². The highest BCUT2D eigenvalue weighted by Gasteiger charge is 2.33. The van der Waals surface area contributed by atoms with Crippen LogP contribution < -0.4 is 4.74 Å². The van der Waals surface area contributed by atoms with E-state index >= 15 is 0 Å². The zero-order valence-corrected chi connectivity index (χ0v) is 18.7. The van der Waals surface area contributed by atoms with Crippen molar-refractivity contribution in [1.82, 2.24) is 4.57 Å². The topological polar surface area (TPSA) is 73.0 Å². The first-order valence-corrected chi connectivity index (χ1v) is 10.6. The van der Waals surface area contributed by atoms with E-state index in [0.717, 1.165) is 22.7 Å². The average molecular weight is 427 g/mol. The summed E-state index contributed by atoms with van der Waals surface area (Å²) >= 11 is 1.25. The Morgan fingerprint density at radius 3 is 2.47 bits per heavy atom. The van der Waals surface area contributed by atoms with E-state index in [-0.39, 0.29) is 17.9 Å². The molecule has 158 valence electrons. The molecule has 0 radical (unpaired) electrons. The number of thioether (sulfide) groups is 1. The molecule has 1 aromatic carbocycles. The van der Waals surface area contributed by atoms with Gasteiger partial charge in [-0.3, -0.25) is 0 Å². The van der Waals surface area contributed by atoms with Crippen LogP contribution in [0, 0.1) is 13.8 Å². The third-order valence-electron chi connectivity index (χ3n) is 4.85. The van der Waals surface area contributed by atoms with Crippen molar-refractivity contribution < 1.29 is 19.4 Å². The molecule has 0 saturated carbocycles. The predicted molar refractivity (Wildman–Crippen MR) is 121 cm³/mol. The van der Waals surface area contributed by atoms with E-state index in [2.05, 4.69) is 9.56 Å². The average Bonchev–Trinajstić information content (AvgIpc) is 3.14. The van der Waals surface area contributed by atoms with E-state index in [4.69, 9.17) is 9.47 Å². The van der Waals surface area contributed by atoms with Crippen LogP contribution in [0.3, 0.4) is 0 Å². The Morgan fingerprint density at radius 2 is 1.90 bits per heavy atom. The molecule has 6 nitrogen and oxygen atoms in total. The maximum atomic E-state index is 12.5. The summed E-state index contributed by atoms with van der Waals surface area (Å²) in [6.07, 6.45) is 1.88. The molecule has 0 spiro atoms. The van der Waals surface area contributed by atoms with Crippen molar-refractivity contribution in [3.8, 4) is 5.75 Å². The van der Waals surface area contributed by atoms with Gasteiger partial charge < -0.3 is 19.1 Å². The van der Waals surface area contributed by atoms with Crippen LogP contribution in [0.2, 0.25) is 0 Å². The van der Waals surface area contributed by atoms with Crippen LogP contribution >= 0.6 is 11.8 Å². The second-order valence-electron chi connectivity index (χ2n) is 6.78. The molecule has 1 N–H and O–H groups in total. The summed E-state index contributed by atoms with van der Waals surface area (Å²) in [5.41, 5.74) is 3.91. The number of aliphatic imine (C=N–C) groups is 1. The molecule has 1 aliphatic rings. The lowest BCUT2D eigenvalue weighted by atomic mass is 10.2. The van der Waals surface area contributed by atoms with Gasteiger partial charge in [0.1, 0.15) is 22.1 Å². The zero-order valence-electron chi connectivity index (χ0n) is 17.9. The zero-order chi connectivity index (χ0) is 21.8. The van der Waals surface area contributed by atoms with Crippen LogP contribution in [0.1, 0.15) is 30.8 Å². The van der Waals surface area contributed by atoms with Gasteiger partial charge in [-0.1, -0.05) is 11.8 Å². The van der Waals surface area contributed by atoms with E-state index in [1.54, 1.807) is 6.92 Å². The van der Waals surface area contributed by atoms with Crippen molar-refractivity contribution in [2.45, 2.75) is 27.7 Å². The standard InChI is InChI=1S/C23H26N2O4S/c1-6-28-18-10-8-17(9-11-18)24-22-20(23(27)29-7-2)21(26)19(30-22)13-16-12-14(3)25(5)15(16)4/h8-13,26H,6-7H2,1-5H3/b19-13+,24-22?. The number of esters is 1. The minimum absolute atomic E-state index is 0.0901. The Bertz CT molecular complexity index is 1050. The van der Waals surface area contributed by atoms with E-state index in [1.165, 1.54) is 11.8 Å². The Labute approximate surface area is 180 Å². The number of carbonyl (C=O) groups is 1. The van der Waals surface area contributed by atoms with Crippen LogP contribution in [0.25, 0.3) is 6.08 Å². The monoisotopic (exact) mass is 426 g/mol. The molecule has 0 aliphatic carbocycles. The molecule has 0 atom stereocenters. The third-order valence-corrected chi connectivity index (χ3v) is 5.87. The first-order chi connectivity index (χ1) is 14.3. The van der Waals surface area contributed by atoms with Crippen molar-refractivity contribution in [2.24, 2.45) is 12.0 Å². The summed E-state index contributed by atoms with van der Waals surface area (Å²) in [5.74, 6) is 0.0561. The lowest BCUT2D eigenvalue weighted by Gasteiger charge is -2.05. The largest absolute Gasteiger partial charge is 0.506 e. The maximum Gasteiger partial charge on any atom is 0.344 e. The van der Waals surface area contributed by atoms with Gasteiger partial charge in [-0.15, -0.1) is 0 Å². The SMILES string of the molecule is CCOC(=O)C1=C(O)/C(=C\c2cc(C)n(C)c2C)SC1=Nc1ccc(OCC)cc1. The molecule has 7 heteroatoms. The van der Waals surface area contributed by atoms with Gasteiger partial charge in [0, 0.05) is 18.4 Å². The molecule has 0 bridgehead atoms. The Hall–Kier alpha value is -2.93. The predicted octanol–water partition coefficient (Wildman–Crippen LogP) is 5.23. The van der Waals surface area contributed by atoms with Crippen LogP contribution in [-0.2, 0) is 16.6 Å². The molecule has 3 rings (SSSR count). The number of nitrogens with zero attached hydrogens (tertiary/aromatic N) is 2. The van der Waals surface area contributed by atoms with Gasteiger partial charge in [-0.2, -0.15) is 0 Å². The summed E-state index contributed by atoms with van der Waals surface area (Å²) < 4.78 is 12.7. The van der Waals surface area contributed by atoms with Crippen LogP contribution in [0.5, 0.6) is 5.75 Å². The van der Waals surface area contributed by atoms with Crippen molar-refractivity contribution in [3.05, 3.63) is 63.5 Å². The number of aromatic nitrogens is 1. The minimum Gasteiger partial charge on any atom is -0.506 e. The van der Waals surface area contributed by atoms with E-state index in [0.29, 0.717) is 22.2 Å². The molecule has 2 heterocycles. The molecular weight excluding hydrogens is 400 g/mol. The highest BCUT2D eigenvalue weighted by Crippen LogP contribution is 2.40. The van der Waals surface area contributed by atoms with Gasteiger partial charge in [-0.25, -0.2) is 9.79 Å². The van der Waals surface area contributed by atoms with Crippen LogP contribution in [0.15, 0.2) is 51.6 Å². The Morgan fingerprint density at radius 1 is 1.20 bits per heavy atom. The number of aliphatic hydroxyl groups is 1. The van der Waals surface area contributed by atoms with Crippen molar-refractivity contribution >= 4 is 34.5 Å². The second kappa shape index (κ2) is 9.26. The molecule has 1 aromatic heterocycles. The fourth-order valence-corrected chi connectivity index (χ4v) is 4.09. The smallest absolute Gasteiger partial charge is 0.344 e. The second-order valence-corrected chi connectivity index (χ2v) is 7.81. The van der Waals surface area contributed by atoms with E-state index < -0.39 is 5.97 Å². The highest BCUT2D eigenvalue weighted by atomic mass is 32.2. The first-order valence-electron chi connectivity index (χ1n) is 9.80.